The van der Waals surface area contributed by atoms with Crippen LogP contribution in [-0.2, 0) is 13.0 Å². The van der Waals surface area contributed by atoms with E-state index in [4.69, 9.17) is 0 Å². The lowest BCUT2D eigenvalue weighted by Crippen LogP contribution is -2.17. The largest absolute Gasteiger partial charge is 0.476 e. The van der Waals surface area contributed by atoms with Crippen molar-refractivity contribution < 1.29 is 19.6 Å². The van der Waals surface area contributed by atoms with Crippen LogP contribution in [0.5, 0.6) is 0 Å². The maximum atomic E-state index is 12.5. The fourth-order valence-corrected chi connectivity index (χ4v) is 2.56. The second kappa shape index (κ2) is 7.77. The normalized spacial score (nSPS) is 10.8. The zero-order valence-electron chi connectivity index (χ0n) is 14.7. The third kappa shape index (κ3) is 4.05. The van der Waals surface area contributed by atoms with Crippen LogP contribution in [0.2, 0.25) is 0 Å². The Hall–Kier alpha value is -3.23. The molecule has 9 nitrogen and oxygen atoms in total. The maximum absolute atomic E-state index is 12.5. The topological polar surface area (TPSA) is 127 Å². The molecule has 0 aliphatic rings. The minimum absolute atomic E-state index is 0.0651. The van der Waals surface area contributed by atoms with Crippen molar-refractivity contribution >= 4 is 23.3 Å². The van der Waals surface area contributed by atoms with Crippen LogP contribution in [0.4, 0.5) is 11.4 Å². The molecule has 0 radical (unpaired) electrons. The summed E-state index contributed by atoms with van der Waals surface area (Å²) in [5.74, 6) is -1.63. The summed E-state index contributed by atoms with van der Waals surface area (Å²) < 4.78 is 1.32. The maximum Gasteiger partial charge on any atom is 0.356 e. The summed E-state index contributed by atoms with van der Waals surface area (Å²) in [5, 5.41) is 27.3. The average molecular weight is 360 g/mol. The second-order valence-electron chi connectivity index (χ2n) is 6.15. The van der Waals surface area contributed by atoms with Gasteiger partial charge in [-0.2, -0.15) is 5.10 Å². The molecule has 0 aliphatic heterocycles. The minimum Gasteiger partial charge on any atom is -0.476 e. The fourth-order valence-electron chi connectivity index (χ4n) is 2.56. The molecule has 0 saturated carbocycles. The van der Waals surface area contributed by atoms with E-state index < -0.39 is 16.8 Å². The molecule has 2 N–H and O–H groups in total. The van der Waals surface area contributed by atoms with Gasteiger partial charge in [-0.3, -0.25) is 19.6 Å². The number of amides is 1. The van der Waals surface area contributed by atoms with Crippen molar-refractivity contribution in [2.24, 2.45) is 5.92 Å². The van der Waals surface area contributed by atoms with Crippen molar-refractivity contribution in [2.45, 2.75) is 33.7 Å². The first-order chi connectivity index (χ1) is 12.2. The number of aromatic nitrogens is 2. The average Bonchev–Trinajstić information content (AvgIpc) is 2.91. The molecule has 2 rings (SSSR count). The van der Waals surface area contributed by atoms with E-state index in [0.717, 1.165) is 6.07 Å². The third-order valence-electron chi connectivity index (χ3n) is 3.69. The van der Waals surface area contributed by atoms with Gasteiger partial charge in [0.25, 0.3) is 11.6 Å². The molecule has 0 spiro atoms. The predicted molar refractivity (Wildman–Crippen MR) is 94.5 cm³/mol. The molecule has 0 saturated heterocycles. The highest BCUT2D eigenvalue weighted by Gasteiger charge is 2.25. The molecule has 0 aliphatic carbocycles. The van der Waals surface area contributed by atoms with Gasteiger partial charge in [0.1, 0.15) is 0 Å². The molecule has 1 amide bonds. The van der Waals surface area contributed by atoms with Crippen molar-refractivity contribution in [3.8, 4) is 0 Å². The van der Waals surface area contributed by atoms with E-state index in [-0.39, 0.29) is 28.6 Å². The number of anilines is 1. The Kier molecular flexibility index (Phi) is 5.71. The number of hydrogen-bond donors (Lipinski definition) is 2. The third-order valence-corrected chi connectivity index (χ3v) is 3.69. The Morgan fingerprint density at radius 2 is 2.08 bits per heavy atom. The number of aromatic carboxylic acids is 1. The summed E-state index contributed by atoms with van der Waals surface area (Å²) in [7, 11) is 0. The first-order valence-electron chi connectivity index (χ1n) is 8.13. The first kappa shape index (κ1) is 19.1. The molecule has 138 valence electrons. The van der Waals surface area contributed by atoms with E-state index in [0.29, 0.717) is 18.7 Å². The van der Waals surface area contributed by atoms with Crippen LogP contribution in [0.15, 0.2) is 24.3 Å². The molecule has 0 bridgehead atoms. The molecule has 1 aromatic carbocycles. The Labute approximate surface area is 149 Å². The summed E-state index contributed by atoms with van der Waals surface area (Å²) in [6.45, 7) is 6.00. The predicted octanol–water partition coefficient (Wildman–Crippen LogP) is 2.96. The van der Waals surface area contributed by atoms with Gasteiger partial charge in [0.2, 0.25) is 0 Å². The van der Waals surface area contributed by atoms with E-state index in [2.05, 4.69) is 10.4 Å². The van der Waals surface area contributed by atoms with Crippen molar-refractivity contribution in [1.82, 2.24) is 9.78 Å². The SMILES string of the molecule is CCn1nc(CC(C)C)c(NC(=O)c2cccc([N+](=O)[O-])c2)c1C(=O)O. The smallest absolute Gasteiger partial charge is 0.356 e. The lowest BCUT2D eigenvalue weighted by molar-refractivity contribution is -0.384. The van der Waals surface area contributed by atoms with Crippen LogP contribution >= 0.6 is 0 Å². The second-order valence-corrected chi connectivity index (χ2v) is 6.15. The number of carbonyl (C=O) groups excluding carboxylic acids is 1. The minimum atomic E-state index is -1.20. The number of benzene rings is 1. The molecule has 1 aromatic heterocycles. The molecule has 9 heteroatoms. The number of nitro benzene ring substituents is 1. The van der Waals surface area contributed by atoms with E-state index in [9.17, 15) is 24.8 Å². The fraction of sp³-hybridized carbons (Fsp3) is 0.353. The number of nitro groups is 1. The molecule has 0 fully saturated rings. The summed E-state index contributed by atoms with van der Waals surface area (Å²) in [6.07, 6.45) is 0.484. The summed E-state index contributed by atoms with van der Waals surface area (Å²) >= 11 is 0. The van der Waals surface area contributed by atoms with Crippen LogP contribution in [-0.4, -0.2) is 31.7 Å². The van der Waals surface area contributed by atoms with Gasteiger partial charge >= 0.3 is 5.97 Å². The number of nitrogens with zero attached hydrogens (tertiary/aromatic N) is 3. The highest BCUT2D eigenvalue weighted by molar-refractivity contribution is 6.08. The van der Waals surface area contributed by atoms with Gasteiger partial charge in [0.15, 0.2) is 5.69 Å². The molecule has 26 heavy (non-hydrogen) atoms. The van der Waals surface area contributed by atoms with Crippen molar-refractivity contribution in [3.05, 3.63) is 51.3 Å². The Bertz CT molecular complexity index is 857. The summed E-state index contributed by atoms with van der Waals surface area (Å²) in [5.41, 5.74) is 0.336. The highest BCUT2D eigenvalue weighted by Crippen LogP contribution is 2.25. The number of carbonyl (C=O) groups is 2. The molecule has 0 atom stereocenters. The van der Waals surface area contributed by atoms with Crippen molar-refractivity contribution in [1.29, 1.82) is 0 Å². The van der Waals surface area contributed by atoms with E-state index in [1.165, 1.54) is 22.9 Å². The number of carboxylic acid groups (broad SMARTS) is 1. The number of aryl methyl sites for hydroxylation is 1. The molecule has 1 heterocycles. The van der Waals surface area contributed by atoms with Gasteiger partial charge in [0.05, 0.1) is 16.3 Å². The lowest BCUT2D eigenvalue weighted by atomic mass is 10.1. The zero-order chi connectivity index (χ0) is 19.4. The standard InChI is InChI=1S/C17H20N4O5/c1-4-20-15(17(23)24)14(13(19-20)8-10(2)3)18-16(22)11-6-5-7-12(9-11)21(25)26/h5-7,9-10H,4,8H2,1-3H3,(H,18,22)(H,23,24). The van der Waals surface area contributed by atoms with Gasteiger partial charge in [0, 0.05) is 24.2 Å². The Balaban J connectivity index is 2.45. The van der Waals surface area contributed by atoms with Crippen LogP contribution in [0, 0.1) is 16.0 Å². The van der Waals surface area contributed by atoms with Gasteiger partial charge in [-0.05, 0) is 25.3 Å². The monoisotopic (exact) mass is 360 g/mol. The van der Waals surface area contributed by atoms with Gasteiger partial charge in [-0.1, -0.05) is 19.9 Å². The first-order valence-corrected chi connectivity index (χ1v) is 8.13. The highest BCUT2D eigenvalue weighted by atomic mass is 16.6. The quantitative estimate of drug-likeness (QED) is 0.577. The van der Waals surface area contributed by atoms with Crippen LogP contribution in [0.25, 0.3) is 0 Å². The summed E-state index contributed by atoms with van der Waals surface area (Å²) in [6, 6.07) is 5.24. The van der Waals surface area contributed by atoms with E-state index in [1.54, 1.807) is 6.92 Å². The molecule has 0 unspecified atom stereocenters. The number of rotatable bonds is 7. The Morgan fingerprint density at radius 1 is 1.38 bits per heavy atom. The molecule has 2 aromatic rings. The number of nitrogens with one attached hydrogen (secondary N) is 1. The lowest BCUT2D eigenvalue weighted by Gasteiger charge is -2.08. The van der Waals surface area contributed by atoms with Gasteiger partial charge in [-0.15, -0.1) is 0 Å². The van der Waals surface area contributed by atoms with Crippen LogP contribution in [0.3, 0.4) is 0 Å². The number of hydrogen-bond acceptors (Lipinski definition) is 5. The van der Waals surface area contributed by atoms with Crippen molar-refractivity contribution in [2.75, 3.05) is 5.32 Å². The zero-order valence-corrected chi connectivity index (χ0v) is 14.7. The van der Waals surface area contributed by atoms with Crippen molar-refractivity contribution in [3.63, 3.8) is 0 Å². The van der Waals surface area contributed by atoms with Crippen LogP contribution < -0.4 is 5.32 Å². The van der Waals surface area contributed by atoms with E-state index in [1.807, 2.05) is 13.8 Å². The van der Waals surface area contributed by atoms with Gasteiger partial charge in [-0.25, -0.2) is 4.79 Å². The number of non-ortho nitro benzene ring substituents is 1. The number of carboxylic acids is 1. The molecular weight excluding hydrogens is 340 g/mol. The van der Waals surface area contributed by atoms with E-state index >= 15 is 0 Å². The van der Waals surface area contributed by atoms with Crippen LogP contribution in [0.1, 0.15) is 47.3 Å². The Morgan fingerprint density at radius 3 is 2.62 bits per heavy atom. The summed E-state index contributed by atoms with van der Waals surface area (Å²) in [4.78, 5) is 34.5. The van der Waals surface area contributed by atoms with Gasteiger partial charge < -0.3 is 10.4 Å². The molecular formula is C17H20N4O5.